The minimum Gasteiger partial charge on any atom is -0.461 e. The Hall–Kier alpha value is -0.570. The second-order valence-electron chi connectivity index (χ2n) is 3.99. The van der Waals surface area contributed by atoms with Gasteiger partial charge < -0.3 is 10.5 Å². The van der Waals surface area contributed by atoms with Gasteiger partial charge in [0.1, 0.15) is 5.54 Å². The molecule has 1 saturated carbocycles. The average Bonchev–Trinajstić information content (AvgIpc) is 2.53. The smallest absolute Gasteiger partial charge is 0.326 e. The third kappa shape index (κ3) is 2.44. The van der Waals surface area contributed by atoms with Crippen molar-refractivity contribution in [1.82, 2.24) is 0 Å². The van der Waals surface area contributed by atoms with E-state index in [0.717, 1.165) is 32.1 Å². The molecule has 1 unspecified atom stereocenters. The van der Waals surface area contributed by atoms with Gasteiger partial charge in [-0.05, 0) is 26.2 Å². The van der Waals surface area contributed by atoms with E-state index < -0.39 is 5.54 Å². The Kier molecular flexibility index (Phi) is 3.31. The molecule has 3 nitrogen and oxygen atoms in total. The molecule has 1 atom stereocenters. The molecular weight excluding hydrogens is 166 g/mol. The maximum atomic E-state index is 11.6. The Bertz CT molecular complexity index is 185. The number of esters is 1. The summed E-state index contributed by atoms with van der Waals surface area (Å²) in [6.07, 6.45) is 4.50. The Balaban J connectivity index is 2.46. The zero-order chi connectivity index (χ0) is 9.90. The number of carbonyl (C=O) groups is 1. The fourth-order valence-electron chi connectivity index (χ4n) is 1.59. The maximum Gasteiger partial charge on any atom is 0.326 e. The maximum absolute atomic E-state index is 11.6. The van der Waals surface area contributed by atoms with Crippen LogP contribution >= 0.6 is 0 Å². The van der Waals surface area contributed by atoms with Crippen LogP contribution in [0.5, 0.6) is 0 Å². The van der Waals surface area contributed by atoms with Crippen molar-refractivity contribution in [3.8, 4) is 0 Å². The van der Waals surface area contributed by atoms with Gasteiger partial charge in [0.05, 0.1) is 6.10 Å². The summed E-state index contributed by atoms with van der Waals surface area (Å²) in [5, 5.41) is 0. The van der Waals surface area contributed by atoms with Crippen LogP contribution in [0.3, 0.4) is 0 Å². The molecule has 1 fully saturated rings. The van der Waals surface area contributed by atoms with Gasteiger partial charge in [0, 0.05) is 0 Å². The predicted molar refractivity (Wildman–Crippen MR) is 51.2 cm³/mol. The van der Waals surface area contributed by atoms with Crippen LogP contribution in [0.2, 0.25) is 0 Å². The van der Waals surface area contributed by atoms with Gasteiger partial charge in [-0.1, -0.05) is 19.8 Å². The van der Waals surface area contributed by atoms with E-state index in [1.165, 1.54) is 0 Å². The van der Waals surface area contributed by atoms with Gasteiger partial charge in [-0.2, -0.15) is 0 Å². The highest BCUT2D eigenvalue weighted by Gasteiger charge is 2.39. The lowest BCUT2D eigenvalue weighted by molar-refractivity contribution is -0.154. The molecule has 1 rings (SSSR count). The summed E-state index contributed by atoms with van der Waals surface area (Å²) in [6, 6.07) is 0. The molecule has 1 aliphatic carbocycles. The molecular formula is C10H19NO2. The van der Waals surface area contributed by atoms with Crippen molar-refractivity contribution >= 4 is 5.97 Å². The van der Waals surface area contributed by atoms with Crippen LogP contribution in [-0.2, 0) is 9.53 Å². The molecule has 0 aliphatic heterocycles. The summed E-state index contributed by atoms with van der Waals surface area (Å²) in [4.78, 5) is 11.6. The number of hydrogen-bond donors (Lipinski definition) is 1. The molecule has 3 heteroatoms. The molecule has 13 heavy (non-hydrogen) atoms. The van der Waals surface area contributed by atoms with Gasteiger partial charge in [-0.15, -0.1) is 0 Å². The molecule has 0 spiro atoms. The van der Waals surface area contributed by atoms with Gasteiger partial charge in [-0.25, -0.2) is 0 Å². The Morgan fingerprint density at radius 2 is 2.08 bits per heavy atom. The molecule has 0 amide bonds. The van der Waals surface area contributed by atoms with Gasteiger partial charge in [0.25, 0.3) is 0 Å². The highest BCUT2D eigenvalue weighted by atomic mass is 16.5. The second-order valence-corrected chi connectivity index (χ2v) is 3.99. The van der Waals surface area contributed by atoms with Crippen LogP contribution in [0.15, 0.2) is 0 Å². The molecule has 76 valence electrons. The van der Waals surface area contributed by atoms with Crippen LogP contribution in [0.4, 0.5) is 0 Å². The van der Waals surface area contributed by atoms with Crippen molar-refractivity contribution in [3.05, 3.63) is 0 Å². The molecule has 0 radical (unpaired) electrons. The van der Waals surface area contributed by atoms with Crippen molar-refractivity contribution in [2.24, 2.45) is 5.73 Å². The Labute approximate surface area is 79.6 Å². The van der Waals surface area contributed by atoms with Gasteiger partial charge in [0.15, 0.2) is 0 Å². The van der Waals surface area contributed by atoms with E-state index in [1.807, 2.05) is 13.8 Å². The molecule has 0 aromatic carbocycles. The summed E-state index contributed by atoms with van der Waals surface area (Å²) < 4.78 is 5.22. The third-order valence-electron chi connectivity index (χ3n) is 2.79. The van der Waals surface area contributed by atoms with Crippen LogP contribution in [-0.4, -0.2) is 17.6 Å². The quantitative estimate of drug-likeness (QED) is 0.679. The van der Waals surface area contributed by atoms with Gasteiger partial charge in [-0.3, -0.25) is 4.79 Å². The minimum atomic E-state index is -0.677. The largest absolute Gasteiger partial charge is 0.461 e. The summed E-state index contributed by atoms with van der Waals surface area (Å²) in [5.41, 5.74) is 5.25. The van der Waals surface area contributed by atoms with E-state index in [4.69, 9.17) is 10.5 Å². The number of hydrogen-bond acceptors (Lipinski definition) is 3. The van der Waals surface area contributed by atoms with Gasteiger partial charge in [0.2, 0.25) is 0 Å². The molecule has 0 bridgehead atoms. The van der Waals surface area contributed by atoms with Crippen molar-refractivity contribution < 1.29 is 9.53 Å². The fourth-order valence-corrected chi connectivity index (χ4v) is 1.59. The van der Waals surface area contributed by atoms with E-state index in [2.05, 4.69) is 0 Å². The monoisotopic (exact) mass is 185 g/mol. The first kappa shape index (κ1) is 10.5. The molecule has 1 aliphatic rings. The fraction of sp³-hybridized carbons (Fsp3) is 0.900. The summed E-state index contributed by atoms with van der Waals surface area (Å²) in [6.45, 7) is 3.89. The molecule has 2 N–H and O–H groups in total. The normalized spacial score (nSPS) is 22.7. The first-order chi connectivity index (χ1) is 6.08. The third-order valence-corrected chi connectivity index (χ3v) is 2.79. The number of nitrogens with two attached hydrogens (primary N) is 1. The molecule has 0 saturated heterocycles. The van der Waals surface area contributed by atoms with E-state index >= 15 is 0 Å². The minimum absolute atomic E-state index is 0.00600. The SMILES string of the molecule is CCC(C)OC(=O)C1(N)CCCC1. The van der Waals surface area contributed by atoms with Crippen molar-refractivity contribution in [1.29, 1.82) is 0 Å². The Morgan fingerprint density at radius 3 is 2.54 bits per heavy atom. The number of ether oxygens (including phenoxy) is 1. The Morgan fingerprint density at radius 1 is 1.54 bits per heavy atom. The van der Waals surface area contributed by atoms with E-state index in [1.54, 1.807) is 0 Å². The summed E-state index contributed by atoms with van der Waals surface area (Å²) in [5.74, 6) is -0.209. The lowest BCUT2D eigenvalue weighted by atomic mass is 10.00. The van der Waals surface area contributed by atoms with E-state index in [-0.39, 0.29) is 12.1 Å². The lowest BCUT2D eigenvalue weighted by Crippen LogP contribution is -2.47. The topological polar surface area (TPSA) is 52.3 Å². The molecule has 0 aromatic rings. The molecule has 0 heterocycles. The summed E-state index contributed by atoms with van der Waals surface area (Å²) >= 11 is 0. The van der Waals surface area contributed by atoms with Crippen LogP contribution in [0.1, 0.15) is 46.0 Å². The lowest BCUT2D eigenvalue weighted by Gasteiger charge is -2.23. The average molecular weight is 185 g/mol. The van der Waals surface area contributed by atoms with Crippen LogP contribution in [0, 0.1) is 0 Å². The highest BCUT2D eigenvalue weighted by molar-refractivity contribution is 5.81. The van der Waals surface area contributed by atoms with E-state index in [9.17, 15) is 4.79 Å². The van der Waals surface area contributed by atoms with Crippen molar-refractivity contribution in [3.63, 3.8) is 0 Å². The first-order valence-corrected chi connectivity index (χ1v) is 5.08. The van der Waals surface area contributed by atoms with Crippen molar-refractivity contribution in [2.45, 2.75) is 57.6 Å². The number of rotatable bonds is 3. The number of carbonyl (C=O) groups excluding carboxylic acids is 1. The van der Waals surface area contributed by atoms with Crippen LogP contribution in [0.25, 0.3) is 0 Å². The van der Waals surface area contributed by atoms with Crippen molar-refractivity contribution in [2.75, 3.05) is 0 Å². The zero-order valence-corrected chi connectivity index (χ0v) is 8.51. The first-order valence-electron chi connectivity index (χ1n) is 5.08. The zero-order valence-electron chi connectivity index (χ0n) is 8.51. The van der Waals surface area contributed by atoms with Crippen LogP contribution < -0.4 is 5.73 Å². The van der Waals surface area contributed by atoms with E-state index in [0.29, 0.717) is 0 Å². The predicted octanol–water partition coefficient (Wildman–Crippen LogP) is 1.60. The highest BCUT2D eigenvalue weighted by Crippen LogP contribution is 2.28. The molecule has 0 aromatic heterocycles. The standard InChI is InChI=1S/C10H19NO2/c1-3-8(2)13-9(12)10(11)6-4-5-7-10/h8H,3-7,11H2,1-2H3. The second kappa shape index (κ2) is 4.09. The summed E-state index contributed by atoms with van der Waals surface area (Å²) in [7, 11) is 0. The van der Waals surface area contributed by atoms with Gasteiger partial charge >= 0.3 is 5.97 Å².